The largest absolute Gasteiger partial charge is 0.385 e. The van der Waals surface area contributed by atoms with Crippen LogP contribution in [0.5, 0.6) is 0 Å². The van der Waals surface area contributed by atoms with E-state index < -0.39 is 10.0 Å². The second-order valence-corrected chi connectivity index (χ2v) is 8.73. The Bertz CT molecular complexity index is 767. The maximum Gasteiger partial charge on any atom is 0.262 e. The van der Waals surface area contributed by atoms with Crippen LogP contribution in [-0.4, -0.2) is 15.0 Å². The minimum Gasteiger partial charge on any atom is -0.385 e. The summed E-state index contributed by atoms with van der Waals surface area (Å²) in [5.41, 5.74) is 2.68. The first-order valence-corrected chi connectivity index (χ1v) is 10.7. The minimum atomic E-state index is -3.52. The normalized spacial score (nSPS) is 11.5. The highest BCUT2D eigenvalue weighted by molar-refractivity contribution is 7.93. The van der Waals surface area contributed by atoms with Gasteiger partial charge >= 0.3 is 0 Å². The quantitative estimate of drug-likeness (QED) is 0.603. The molecule has 6 heteroatoms. The van der Waals surface area contributed by atoms with Crippen molar-refractivity contribution in [2.75, 3.05) is 16.6 Å². The lowest BCUT2D eigenvalue weighted by Gasteiger charge is -2.13. The molecule has 2 N–H and O–H groups in total. The molecule has 0 fully saturated rings. The number of anilines is 2. The average Bonchev–Trinajstić information content (AvgIpc) is 2.96. The Morgan fingerprint density at radius 3 is 2.50 bits per heavy atom. The number of benzene rings is 1. The number of sulfonamides is 1. The Balaban J connectivity index is 2.00. The first kappa shape index (κ1) is 18.8. The van der Waals surface area contributed by atoms with Gasteiger partial charge in [0.05, 0.1) is 0 Å². The Kier molecular flexibility index (Phi) is 6.69. The van der Waals surface area contributed by atoms with Crippen LogP contribution in [0.3, 0.4) is 0 Å². The van der Waals surface area contributed by atoms with Crippen molar-refractivity contribution in [3.63, 3.8) is 0 Å². The van der Waals surface area contributed by atoms with Crippen LogP contribution in [0.2, 0.25) is 0 Å². The summed E-state index contributed by atoms with van der Waals surface area (Å²) < 4.78 is 27.5. The van der Waals surface area contributed by atoms with E-state index in [-0.39, 0.29) is 0 Å². The van der Waals surface area contributed by atoms with E-state index >= 15 is 0 Å². The van der Waals surface area contributed by atoms with Crippen LogP contribution < -0.4 is 10.0 Å². The Labute approximate surface area is 149 Å². The number of rotatable bonds is 9. The third-order valence-corrected chi connectivity index (χ3v) is 6.43. The van der Waals surface area contributed by atoms with E-state index in [0.29, 0.717) is 10.6 Å². The number of hydrogen-bond acceptors (Lipinski definition) is 4. The average molecular weight is 367 g/mol. The van der Waals surface area contributed by atoms with Gasteiger partial charge in [-0.1, -0.05) is 26.2 Å². The van der Waals surface area contributed by atoms with Crippen LogP contribution in [0.25, 0.3) is 0 Å². The summed E-state index contributed by atoms with van der Waals surface area (Å²) in [6.45, 7) is 6.95. The summed E-state index contributed by atoms with van der Waals surface area (Å²) in [6.07, 6.45) is 4.89. The third kappa shape index (κ3) is 4.98. The first-order valence-electron chi connectivity index (χ1n) is 8.35. The van der Waals surface area contributed by atoms with Gasteiger partial charge in [0.15, 0.2) is 0 Å². The van der Waals surface area contributed by atoms with Crippen LogP contribution in [0.4, 0.5) is 11.4 Å². The van der Waals surface area contributed by atoms with Gasteiger partial charge in [0.1, 0.15) is 4.90 Å². The van der Waals surface area contributed by atoms with E-state index in [0.717, 1.165) is 29.1 Å². The lowest BCUT2D eigenvalue weighted by molar-refractivity contribution is 0.601. The molecule has 0 bridgehead atoms. The molecular weight excluding hydrogens is 340 g/mol. The van der Waals surface area contributed by atoms with Gasteiger partial charge in [-0.15, -0.1) is 11.3 Å². The molecule has 0 aliphatic rings. The third-order valence-electron chi connectivity index (χ3n) is 3.93. The summed E-state index contributed by atoms with van der Waals surface area (Å²) in [6, 6.07) is 7.25. The van der Waals surface area contributed by atoms with Crippen molar-refractivity contribution in [3.05, 3.63) is 40.1 Å². The van der Waals surface area contributed by atoms with Gasteiger partial charge in [0.25, 0.3) is 10.0 Å². The van der Waals surface area contributed by atoms with E-state index in [9.17, 15) is 8.42 Å². The second kappa shape index (κ2) is 8.53. The Morgan fingerprint density at radius 2 is 1.88 bits per heavy atom. The molecule has 24 heavy (non-hydrogen) atoms. The van der Waals surface area contributed by atoms with Crippen molar-refractivity contribution in [3.8, 4) is 0 Å². The summed E-state index contributed by atoms with van der Waals surface area (Å²) in [5, 5.41) is 5.22. The SMILES string of the molecule is CCCCCCNc1ccc(NS(=O)(=O)c2ccsc2C)cc1C. The zero-order chi connectivity index (χ0) is 17.6. The van der Waals surface area contributed by atoms with E-state index in [1.807, 2.05) is 26.0 Å². The van der Waals surface area contributed by atoms with Crippen LogP contribution in [0.1, 0.15) is 43.0 Å². The number of hydrogen-bond donors (Lipinski definition) is 2. The molecule has 0 aliphatic carbocycles. The van der Waals surface area contributed by atoms with Gasteiger partial charge in [-0.05, 0) is 55.5 Å². The maximum absolute atomic E-state index is 12.4. The second-order valence-electron chi connectivity index (χ2n) is 5.96. The molecule has 4 nitrogen and oxygen atoms in total. The molecule has 0 saturated heterocycles. The van der Waals surface area contributed by atoms with Gasteiger partial charge in [-0.25, -0.2) is 8.42 Å². The van der Waals surface area contributed by atoms with E-state index in [1.165, 1.54) is 30.6 Å². The summed E-state index contributed by atoms with van der Waals surface area (Å²) in [5.74, 6) is 0. The number of thiophene rings is 1. The van der Waals surface area contributed by atoms with E-state index in [1.54, 1.807) is 17.5 Å². The predicted octanol–water partition coefficient (Wildman–Crippen LogP) is 5.16. The molecule has 0 spiro atoms. The number of unbranched alkanes of at least 4 members (excludes halogenated alkanes) is 3. The van der Waals surface area contributed by atoms with Crippen molar-refractivity contribution in [1.82, 2.24) is 0 Å². The first-order chi connectivity index (χ1) is 11.4. The molecule has 0 atom stereocenters. The summed E-state index contributed by atoms with van der Waals surface area (Å²) >= 11 is 1.43. The molecule has 0 unspecified atom stereocenters. The van der Waals surface area contributed by atoms with Crippen LogP contribution in [0, 0.1) is 13.8 Å². The van der Waals surface area contributed by atoms with Gasteiger partial charge in [-0.2, -0.15) is 0 Å². The fourth-order valence-corrected chi connectivity index (χ4v) is 4.89. The fourth-order valence-electron chi connectivity index (χ4n) is 2.56. The molecule has 2 aromatic rings. The predicted molar refractivity (Wildman–Crippen MR) is 104 cm³/mol. The van der Waals surface area contributed by atoms with E-state index in [4.69, 9.17) is 0 Å². The topological polar surface area (TPSA) is 58.2 Å². The van der Waals surface area contributed by atoms with E-state index in [2.05, 4.69) is 17.0 Å². The van der Waals surface area contributed by atoms with Crippen molar-refractivity contribution in [1.29, 1.82) is 0 Å². The zero-order valence-electron chi connectivity index (χ0n) is 14.6. The molecule has 0 saturated carbocycles. The molecule has 0 radical (unpaired) electrons. The monoisotopic (exact) mass is 366 g/mol. The van der Waals surface area contributed by atoms with Gasteiger partial charge in [-0.3, -0.25) is 4.72 Å². The fraction of sp³-hybridized carbons (Fsp3) is 0.444. The zero-order valence-corrected chi connectivity index (χ0v) is 16.2. The molecule has 2 rings (SSSR count). The molecular formula is C18H26N2O2S2. The van der Waals surface area contributed by atoms with Gasteiger partial charge in [0, 0.05) is 22.8 Å². The Hall–Kier alpha value is -1.53. The minimum absolute atomic E-state index is 0.350. The molecule has 132 valence electrons. The molecule has 0 aliphatic heterocycles. The molecule has 1 aromatic carbocycles. The van der Waals surface area contributed by atoms with Crippen molar-refractivity contribution in [2.24, 2.45) is 0 Å². The Morgan fingerprint density at radius 1 is 1.08 bits per heavy atom. The molecule has 0 amide bonds. The lowest BCUT2D eigenvalue weighted by atomic mass is 10.1. The van der Waals surface area contributed by atoms with Crippen molar-refractivity contribution < 1.29 is 8.42 Å². The van der Waals surface area contributed by atoms with Crippen LogP contribution in [-0.2, 0) is 10.0 Å². The lowest BCUT2D eigenvalue weighted by Crippen LogP contribution is -2.13. The van der Waals surface area contributed by atoms with Crippen LogP contribution >= 0.6 is 11.3 Å². The van der Waals surface area contributed by atoms with Gasteiger partial charge in [0.2, 0.25) is 0 Å². The smallest absolute Gasteiger partial charge is 0.262 e. The maximum atomic E-state index is 12.4. The molecule has 1 aromatic heterocycles. The highest BCUT2D eigenvalue weighted by Crippen LogP contribution is 2.25. The summed E-state index contributed by atoms with van der Waals surface area (Å²) in [4.78, 5) is 1.15. The summed E-state index contributed by atoms with van der Waals surface area (Å²) in [7, 11) is -3.52. The van der Waals surface area contributed by atoms with Crippen molar-refractivity contribution >= 4 is 32.7 Å². The number of aryl methyl sites for hydroxylation is 2. The molecule has 1 heterocycles. The van der Waals surface area contributed by atoms with Crippen LogP contribution in [0.15, 0.2) is 34.5 Å². The highest BCUT2D eigenvalue weighted by Gasteiger charge is 2.18. The van der Waals surface area contributed by atoms with Gasteiger partial charge < -0.3 is 5.32 Å². The highest BCUT2D eigenvalue weighted by atomic mass is 32.2. The standard InChI is InChI=1S/C18H26N2O2S2/c1-4-5-6-7-11-19-17-9-8-16(13-14(17)2)20-24(21,22)18-10-12-23-15(18)3/h8-10,12-13,19-20H,4-7,11H2,1-3H3. The van der Waals surface area contributed by atoms with Crippen molar-refractivity contribution in [2.45, 2.75) is 51.3 Å². The number of nitrogens with one attached hydrogen (secondary N) is 2.